The van der Waals surface area contributed by atoms with Crippen molar-refractivity contribution in [1.82, 2.24) is 15.2 Å². The molecule has 1 saturated carbocycles. The van der Waals surface area contributed by atoms with Gasteiger partial charge in [-0.2, -0.15) is 0 Å². The summed E-state index contributed by atoms with van der Waals surface area (Å²) >= 11 is 0. The standard InChI is InChI=1S/C16H26N4O/c1-11(2)14-9-12(10-15(17-3)19-14)16(21)18-7-8-20(4)13-5-6-13/h9-11,13H,5-8H2,1-4H3,(H,17,19)(H,18,21). The summed E-state index contributed by atoms with van der Waals surface area (Å²) < 4.78 is 0. The molecule has 1 aliphatic rings. The number of hydrogen-bond donors (Lipinski definition) is 2. The minimum absolute atomic E-state index is 0.0278. The van der Waals surface area contributed by atoms with Crippen LogP contribution in [0.3, 0.4) is 0 Å². The second kappa shape index (κ2) is 6.89. The minimum atomic E-state index is -0.0278. The fraction of sp³-hybridized carbons (Fsp3) is 0.625. The number of aromatic nitrogens is 1. The Hall–Kier alpha value is -1.62. The Morgan fingerprint density at radius 2 is 2.14 bits per heavy atom. The van der Waals surface area contributed by atoms with Crippen molar-refractivity contribution in [3.63, 3.8) is 0 Å². The van der Waals surface area contributed by atoms with Gasteiger partial charge in [-0.25, -0.2) is 4.98 Å². The van der Waals surface area contributed by atoms with Crippen molar-refractivity contribution in [1.29, 1.82) is 0 Å². The summed E-state index contributed by atoms with van der Waals surface area (Å²) in [6, 6.07) is 4.41. The molecule has 1 aromatic rings. The van der Waals surface area contributed by atoms with Crippen molar-refractivity contribution in [3.05, 3.63) is 23.4 Å². The first kappa shape index (κ1) is 15.8. The predicted molar refractivity (Wildman–Crippen MR) is 85.9 cm³/mol. The molecule has 1 amide bonds. The highest BCUT2D eigenvalue weighted by Gasteiger charge is 2.25. The van der Waals surface area contributed by atoms with Crippen LogP contribution in [0, 0.1) is 0 Å². The molecule has 2 rings (SSSR count). The average molecular weight is 290 g/mol. The second-order valence-electron chi connectivity index (χ2n) is 6.04. The maximum absolute atomic E-state index is 12.3. The van der Waals surface area contributed by atoms with Crippen molar-refractivity contribution in [2.75, 3.05) is 32.5 Å². The summed E-state index contributed by atoms with van der Waals surface area (Å²) in [5, 5.41) is 6.01. The Morgan fingerprint density at radius 3 is 2.71 bits per heavy atom. The fourth-order valence-corrected chi connectivity index (χ4v) is 2.25. The molecule has 0 radical (unpaired) electrons. The number of nitrogens with zero attached hydrogens (tertiary/aromatic N) is 2. The van der Waals surface area contributed by atoms with Crippen LogP contribution in [0.1, 0.15) is 48.7 Å². The maximum atomic E-state index is 12.3. The van der Waals surface area contributed by atoms with E-state index >= 15 is 0 Å². The third kappa shape index (κ3) is 4.43. The number of pyridine rings is 1. The van der Waals surface area contributed by atoms with Crippen LogP contribution in [0.2, 0.25) is 0 Å². The smallest absolute Gasteiger partial charge is 0.251 e. The van der Waals surface area contributed by atoms with Crippen LogP contribution >= 0.6 is 0 Å². The van der Waals surface area contributed by atoms with Crippen LogP contribution in [0.4, 0.5) is 5.82 Å². The van der Waals surface area contributed by atoms with Gasteiger partial charge in [-0.05, 0) is 37.9 Å². The maximum Gasteiger partial charge on any atom is 0.251 e. The quantitative estimate of drug-likeness (QED) is 0.807. The second-order valence-corrected chi connectivity index (χ2v) is 6.04. The normalized spacial score (nSPS) is 14.6. The molecule has 116 valence electrons. The molecule has 1 heterocycles. The van der Waals surface area contributed by atoms with E-state index in [9.17, 15) is 4.79 Å². The number of carbonyl (C=O) groups excluding carboxylic acids is 1. The Balaban J connectivity index is 1.95. The van der Waals surface area contributed by atoms with Gasteiger partial charge in [-0.1, -0.05) is 13.8 Å². The van der Waals surface area contributed by atoms with E-state index in [0.717, 1.165) is 24.1 Å². The van der Waals surface area contributed by atoms with E-state index in [2.05, 4.69) is 41.4 Å². The first-order valence-corrected chi connectivity index (χ1v) is 7.69. The molecule has 1 fully saturated rings. The molecule has 0 spiro atoms. The van der Waals surface area contributed by atoms with Crippen molar-refractivity contribution in [2.45, 2.75) is 38.6 Å². The van der Waals surface area contributed by atoms with Crippen LogP contribution in [0.5, 0.6) is 0 Å². The summed E-state index contributed by atoms with van der Waals surface area (Å²) in [6.07, 6.45) is 2.58. The summed E-state index contributed by atoms with van der Waals surface area (Å²) in [6.45, 7) is 5.74. The Labute approximate surface area is 127 Å². The topological polar surface area (TPSA) is 57.3 Å². The summed E-state index contributed by atoms with van der Waals surface area (Å²) in [5.74, 6) is 1.01. The molecule has 1 aliphatic carbocycles. The van der Waals surface area contributed by atoms with E-state index in [1.54, 1.807) is 6.07 Å². The molecule has 0 bridgehead atoms. The van der Waals surface area contributed by atoms with Gasteiger partial charge >= 0.3 is 0 Å². The lowest BCUT2D eigenvalue weighted by atomic mass is 10.1. The van der Waals surface area contributed by atoms with E-state index in [4.69, 9.17) is 0 Å². The van der Waals surface area contributed by atoms with Gasteiger partial charge in [-0.15, -0.1) is 0 Å². The lowest BCUT2D eigenvalue weighted by molar-refractivity contribution is 0.0949. The van der Waals surface area contributed by atoms with E-state index in [1.807, 2.05) is 13.1 Å². The zero-order chi connectivity index (χ0) is 15.4. The van der Waals surface area contributed by atoms with Crippen LogP contribution in [0.15, 0.2) is 12.1 Å². The molecule has 0 aliphatic heterocycles. The highest BCUT2D eigenvalue weighted by atomic mass is 16.1. The van der Waals surface area contributed by atoms with E-state index in [0.29, 0.717) is 18.0 Å². The number of anilines is 1. The number of nitrogens with one attached hydrogen (secondary N) is 2. The number of rotatable bonds is 7. The predicted octanol–water partition coefficient (Wildman–Crippen LogP) is 2.07. The van der Waals surface area contributed by atoms with Crippen LogP contribution in [-0.2, 0) is 0 Å². The van der Waals surface area contributed by atoms with Gasteiger partial charge in [0.25, 0.3) is 5.91 Å². The monoisotopic (exact) mass is 290 g/mol. The third-order valence-corrected chi connectivity index (χ3v) is 3.88. The Morgan fingerprint density at radius 1 is 1.43 bits per heavy atom. The zero-order valence-electron chi connectivity index (χ0n) is 13.4. The van der Waals surface area contributed by atoms with Crippen LogP contribution < -0.4 is 10.6 Å². The number of amides is 1. The van der Waals surface area contributed by atoms with Crippen molar-refractivity contribution < 1.29 is 4.79 Å². The Kier molecular flexibility index (Phi) is 5.17. The highest BCUT2D eigenvalue weighted by Crippen LogP contribution is 2.24. The number of carbonyl (C=O) groups is 1. The van der Waals surface area contributed by atoms with Crippen LogP contribution in [-0.4, -0.2) is 49.0 Å². The lowest BCUT2D eigenvalue weighted by Gasteiger charge is -2.16. The molecule has 0 aromatic carbocycles. The van der Waals surface area contributed by atoms with Gasteiger partial charge in [0.15, 0.2) is 0 Å². The number of hydrogen-bond acceptors (Lipinski definition) is 4. The van der Waals surface area contributed by atoms with Crippen molar-refractivity contribution in [3.8, 4) is 0 Å². The summed E-state index contributed by atoms with van der Waals surface area (Å²) in [7, 11) is 3.94. The van der Waals surface area contributed by atoms with Gasteiger partial charge in [0.1, 0.15) is 5.82 Å². The minimum Gasteiger partial charge on any atom is -0.373 e. The molecule has 1 aromatic heterocycles. The summed E-state index contributed by atoms with van der Waals surface area (Å²) in [5.41, 5.74) is 1.61. The van der Waals surface area contributed by atoms with E-state index in [1.165, 1.54) is 12.8 Å². The molecule has 0 unspecified atom stereocenters. The molecular formula is C16H26N4O. The largest absolute Gasteiger partial charge is 0.373 e. The van der Waals surface area contributed by atoms with E-state index < -0.39 is 0 Å². The summed E-state index contributed by atoms with van der Waals surface area (Å²) in [4.78, 5) is 19.1. The average Bonchev–Trinajstić information content (AvgIpc) is 3.31. The first-order chi connectivity index (χ1) is 10.0. The molecular weight excluding hydrogens is 264 g/mol. The zero-order valence-corrected chi connectivity index (χ0v) is 13.4. The third-order valence-electron chi connectivity index (χ3n) is 3.88. The number of likely N-dealkylation sites (N-methyl/N-ethyl adjacent to an activating group) is 1. The molecule has 5 nitrogen and oxygen atoms in total. The van der Waals surface area contributed by atoms with Gasteiger partial charge in [0.05, 0.1) is 0 Å². The van der Waals surface area contributed by atoms with Crippen molar-refractivity contribution in [2.24, 2.45) is 0 Å². The molecule has 21 heavy (non-hydrogen) atoms. The van der Waals surface area contributed by atoms with Gasteiger partial charge in [0.2, 0.25) is 0 Å². The molecule has 5 heteroatoms. The van der Waals surface area contributed by atoms with Crippen LogP contribution in [0.25, 0.3) is 0 Å². The van der Waals surface area contributed by atoms with Gasteiger partial charge in [0, 0.05) is 37.4 Å². The van der Waals surface area contributed by atoms with Gasteiger partial charge < -0.3 is 15.5 Å². The molecule has 2 N–H and O–H groups in total. The Bertz CT molecular complexity index is 497. The highest BCUT2D eigenvalue weighted by molar-refractivity contribution is 5.95. The molecule has 0 atom stereocenters. The lowest BCUT2D eigenvalue weighted by Crippen LogP contribution is -2.34. The van der Waals surface area contributed by atoms with Gasteiger partial charge in [-0.3, -0.25) is 4.79 Å². The van der Waals surface area contributed by atoms with E-state index in [-0.39, 0.29) is 5.91 Å². The first-order valence-electron chi connectivity index (χ1n) is 7.69. The van der Waals surface area contributed by atoms with Crippen molar-refractivity contribution >= 4 is 11.7 Å². The molecule has 0 saturated heterocycles. The SMILES string of the molecule is CNc1cc(C(=O)NCCN(C)C2CC2)cc(C(C)C)n1. The fourth-order valence-electron chi connectivity index (χ4n) is 2.25.